The van der Waals surface area contributed by atoms with Gasteiger partial charge in [0.2, 0.25) is 11.8 Å². The van der Waals surface area contributed by atoms with E-state index in [4.69, 9.17) is 5.11 Å². The molecule has 0 aliphatic carbocycles. The number of carboxylic acids is 1. The summed E-state index contributed by atoms with van der Waals surface area (Å²) in [5.41, 5.74) is 0.0627. The van der Waals surface area contributed by atoms with Crippen molar-refractivity contribution < 1.29 is 19.5 Å². The number of hydrogen-bond donors (Lipinski definition) is 3. The molecule has 1 aliphatic rings. The minimum absolute atomic E-state index is 0.0627. The molecule has 17 heavy (non-hydrogen) atoms. The van der Waals surface area contributed by atoms with E-state index in [1.54, 1.807) is 5.38 Å². The summed E-state index contributed by atoms with van der Waals surface area (Å²) in [7, 11) is 0. The number of anilines is 1. The van der Waals surface area contributed by atoms with Crippen LogP contribution in [0.2, 0.25) is 0 Å². The summed E-state index contributed by atoms with van der Waals surface area (Å²) in [6, 6.07) is 0.863. The van der Waals surface area contributed by atoms with Gasteiger partial charge in [0, 0.05) is 6.42 Å². The first-order chi connectivity index (χ1) is 8.08. The Labute approximate surface area is 101 Å². The summed E-state index contributed by atoms with van der Waals surface area (Å²) in [5.74, 6) is -1.62. The number of carbonyl (C=O) groups excluding carboxylic acids is 2. The molecule has 0 aromatic carbocycles. The van der Waals surface area contributed by atoms with Crippen molar-refractivity contribution in [3.8, 4) is 0 Å². The third-order valence-electron chi connectivity index (χ3n) is 2.44. The molecule has 1 fully saturated rings. The Kier molecular flexibility index (Phi) is 3.10. The summed E-state index contributed by atoms with van der Waals surface area (Å²) in [4.78, 5) is 33.5. The van der Waals surface area contributed by atoms with Crippen LogP contribution in [0, 0.1) is 0 Å². The number of carbonyl (C=O) groups is 3. The highest BCUT2D eigenvalue weighted by atomic mass is 32.1. The van der Waals surface area contributed by atoms with Gasteiger partial charge in [-0.05, 0) is 17.9 Å². The molecule has 1 aliphatic heterocycles. The minimum Gasteiger partial charge on any atom is -0.478 e. The van der Waals surface area contributed by atoms with Gasteiger partial charge in [-0.15, -0.1) is 11.3 Å². The molecular formula is C10H10N2O4S. The van der Waals surface area contributed by atoms with Crippen LogP contribution in [0.3, 0.4) is 0 Å². The van der Waals surface area contributed by atoms with Gasteiger partial charge in [-0.3, -0.25) is 9.59 Å². The van der Waals surface area contributed by atoms with Crippen LogP contribution >= 0.6 is 11.3 Å². The first-order valence-corrected chi connectivity index (χ1v) is 5.87. The maximum Gasteiger partial charge on any atom is 0.338 e. The highest BCUT2D eigenvalue weighted by Crippen LogP contribution is 2.23. The van der Waals surface area contributed by atoms with Gasteiger partial charge in [-0.2, -0.15) is 0 Å². The Hall–Kier alpha value is -1.89. The van der Waals surface area contributed by atoms with E-state index in [-0.39, 0.29) is 17.4 Å². The topological polar surface area (TPSA) is 95.5 Å². The normalized spacial score (nSPS) is 18.8. The summed E-state index contributed by atoms with van der Waals surface area (Å²) < 4.78 is 0. The summed E-state index contributed by atoms with van der Waals surface area (Å²) >= 11 is 1.14. The first kappa shape index (κ1) is 11.6. The number of aromatic carboxylic acids is 1. The summed E-state index contributed by atoms with van der Waals surface area (Å²) in [6.07, 6.45) is 0.771. The Bertz CT molecular complexity index is 482. The predicted octanol–water partition coefficient (Wildman–Crippen LogP) is 0.663. The molecule has 1 saturated heterocycles. The third-order valence-corrected chi connectivity index (χ3v) is 3.27. The second-order valence-electron chi connectivity index (χ2n) is 3.62. The molecule has 1 aromatic rings. The number of rotatable bonds is 3. The maximum absolute atomic E-state index is 11.7. The van der Waals surface area contributed by atoms with Gasteiger partial charge < -0.3 is 15.7 Å². The SMILES string of the molecule is O=C1CC[C@@H](C(=O)Nc2sccc2C(=O)O)N1. The second-order valence-corrected chi connectivity index (χ2v) is 4.53. The van der Waals surface area contributed by atoms with Crippen LogP contribution in [0.25, 0.3) is 0 Å². The number of thiophene rings is 1. The molecule has 2 rings (SSSR count). The number of amides is 2. The monoisotopic (exact) mass is 254 g/mol. The molecule has 0 bridgehead atoms. The van der Waals surface area contributed by atoms with E-state index < -0.39 is 12.0 Å². The van der Waals surface area contributed by atoms with E-state index >= 15 is 0 Å². The van der Waals surface area contributed by atoms with Gasteiger partial charge in [-0.25, -0.2) is 4.79 Å². The van der Waals surface area contributed by atoms with Crippen LogP contribution in [0.1, 0.15) is 23.2 Å². The van der Waals surface area contributed by atoms with Gasteiger partial charge in [0.15, 0.2) is 0 Å². The van der Waals surface area contributed by atoms with Crippen molar-refractivity contribution in [1.29, 1.82) is 0 Å². The number of carboxylic acid groups (broad SMARTS) is 1. The van der Waals surface area contributed by atoms with Crippen LogP contribution in [-0.2, 0) is 9.59 Å². The lowest BCUT2D eigenvalue weighted by Gasteiger charge is -2.09. The van der Waals surface area contributed by atoms with Gasteiger partial charge >= 0.3 is 5.97 Å². The Balaban J connectivity index is 2.05. The van der Waals surface area contributed by atoms with Crippen molar-refractivity contribution in [2.24, 2.45) is 0 Å². The Morgan fingerprint density at radius 1 is 1.53 bits per heavy atom. The fourth-order valence-corrected chi connectivity index (χ4v) is 2.37. The van der Waals surface area contributed by atoms with Crippen molar-refractivity contribution in [2.75, 3.05) is 5.32 Å². The number of hydrogen-bond acceptors (Lipinski definition) is 4. The highest BCUT2D eigenvalue weighted by Gasteiger charge is 2.28. The van der Waals surface area contributed by atoms with E-state index in [9.17, 15) is 14.4 Å². The van der Waals surface area contributed by atoms with E-state index in [1.807, 2.05) is 0 Å². The van der Waals surface area contributed by atoms with Crippen molar-refractivity contribution >= 4 is 34.1 Å². The van der Waals surface area contributed by atoms with Crippen molar-refractivity contribution in [2.45, 2.75) is 18.9 Å². The van der Waals surface area contributed by atoms with Crippen LogP contribution < -0.4 is 10.6 Å². The minimum atomic E-state index is -1.09. The zero-order chi connectivity index (χ0) is 12.4. The molecule has 6 nitrogen and oxygen atoms in total. The smallest absolute Gasteiger partial charge is 0.338 e. The van der Waals surface area contributed by atoms with Gasteiger partial charge in [0.25, 0.3) is 0 Å². The predicted molar refractivity (Wildman–Crippen MR) is 61.1 cm³/mol. The van der Waals surface area contributed by atoms with Crippen LogP contribution in [0.15, 0.2) is 11.4 Å². The van der Waals surface area contributed by atoms with Gasteiger partial charge in [0.1, 0.15) is 11.0 Å². The maximum atomic E-state index is 11.7. The van der Waals surface area contributed by atoms with Crippen molar-refractivity contribution in [3.05, 3.63) is 17.0 Å². The average molecular weight is 254 g/mol. The lowest BCUT2D eigenvalue weighted by Crippen LogP contribution is -2.37. The van der Waals surface area contributed by atoms with E-state index in [0.29, 0.717) is 17.8 Å². The fourth-order valence-electron chi connectivity index (χ4n) is 1.58. The van der Waals surface area contributed by atoms with E-state index in [2.05, 4.69) is 10.6 Å². The Morgan fingerprint density at radius 2 is 2.29 bits per heavy atom. The van der Waals surface area contributed by atoms with Crippen LogP contribution in [0.5, 0.6) is 0 Å². The third kappa shape index (κ3) is 2.44. The zero-order valence-corrected chi connectivity index (χ0v) is 9.54. The van der Waals surface area contributed by atoms with Gasteiger partial charge in [0.05, 0.1) is 5.56 Å². The molecule has 0 saturated carbocycles. The summed E-state index contributed by atoms with van der Waals surface area (Å²) in [6.45, 7) is 0. The first-order valence-electron chi connectivity index (χ1n) is 4.99. The lowest BCUT2D eigenvalue weighted by atomic mass is 10.2. The summed E-state index contributed by atoms with van der Waals surface area (Å²) in [5, 5.41) is 15.8. The number of nitrogens with one attached hydrogen (secondary N) is 2. The molecule has 3 N–H and O–H groups in total. The Morgan fingerprint density at radius 3 is 2.88 bits per heavy atom. The molecular weight excluding hydrogens is 244 g/mol. The molecule has 7 heteroatoms. The second kappa shape index (κ2) is 4.54. The fraction of sp³-hybridized carbons (Fsp3) is 0.300. The molecule has 0 unspecified atom stereocenters. The quantitative estimate of drug-likeness (QED) is 0.738. The van der Waals surface area contributed by atoms with Gasteiger partial charge in [-0.1, -0.05) is 0 Å². The molecule has 2 amide bonds. The zero-order valence-electron chi connectivity index (χ0n) is 8.73. The molecule has 0 radical (unpaired) electrons. The molecule has 0 spiro atoms. The highest BCUT2D eigenvalue weighted by molar-refractivity contribution is 7.14. The average Bonchev–Trinajstić information content (AvgIpc) is 2.86. The largest absolute Gasteiger partial charge is 0.478 e. The van der Waals surface area contributed by atoms with Crippen LogP contribution in [0.4, 0.5) is 5.00 Å². The molecule has 2 heterocycles. The van der Waals surface area contributed by atoms with Crippen LogP contribution in [-0.4, -0.2) is 28.9 Å². The van der Waals surface area contributed by atoms with E-state index in [0.717, 1.165) is 11.3 Å². The standard InChI is InChI=1S/C10H10N2O4S/c13-7-2-1-6(11-7)8(14)12-9-5(10(15)16)3-4-17-9/h3-4,6H,1-2H2,(H,11,13)(H,12,14)(H,15,16)/t6-/m0/s1. The molecule has 1 aromatic heterocycles. The lowest BCUT2D eigenvalue weighted by molar-refractivity contribution is -0.122. The van der Waals surface area contributed by atoms with Crippen molar-refractivity contribution in [3.63, 3.8) is 0 Å². The van der Waals surface area contributed by atoms with E-state index in [1.165, 1.54) is 6.07 Å². The molecule has 1 atom stereocenters. The molecule has 90 valence electrons. The van der Waals surface area contributed by atoms with Crippen molar-refractivity contribution in [1.82, 2.24) is 5.32 Å².